The lowest BCUT2D eigenvalue weighted by Gasteiger charge is -2.39. The third-order valence-corrected chi connectivity index (χ3v) is 4.13. The first-order chi connectivity index (χ1) is 9.22. The summed E-state index contributed by atoms with van der Waals surface area (Å²) in [7, 11) is 0. The van der Waals surface area contributed by atoms with Crippen LogP contribution in [0.25, 0.3) is 0 Å². The lowest BCUT2D eigenvalue weighted by Crippen LogP contribution is -2.47. The van der Waals surface area contributed by atoms with Gasteiger partial charge in [-0.1, -0.05) is 29.8 Å². The summed E-state index contributed by atoms with van der Waals surface area (Å²) in [5.41, 5.74) is 1.22. The van der Waals surface area contributed by atoms with Gasteiger partial charge in [-0.05, 0) is 18.6 Å². The molecule has 2 aromatic rings. The Kier molecular flexibility index (Phi) is 3.58. The molecule has 19 heavy (non-hydrogen) atoms. The van der Waals surface area contributed by atoms with Crippen molar-refractivity contribution in [1.29, 1.82) is 0 Å². The Labute approximate surface area is 118 Å². The molecule has 0 aliphatic carbocycles. The number of imidazole rings is 1. The van der Waals surface area contributed by atoms with Crippen LogP contribution in [0.5, 0.6) is 0 Å². The summed E-state index contributed by atoms with van der Waals surface area (Å²) in [6.45, 7) is 6.37. The van der Waals surface area contributed by atoms with Crippen molar-refractivity contribution in [1.82, 2.24) is 14.5 Å². The predicted octanol–water partition coefficient (Wildman–Crippen LogP) is 2.98. The number of nitrogens with zero attached hydrogens (tertiary/aromatic N) is 3. The summed E-state index contributed by atoms with van der Waals surface area (Å²) in [6, 6.07) is 8.10. The van der Waals surface area contributed by atoms with E-state index in [4.69, 9.17) is 11.6 Å². The Morgan fingerprint density at radius 3 is 2.79 bits per heavy atom. The number of aryl methyl sites for hydroxylation is 1. The van der Waals surface area contributed by atoms with Gasteiger partial charge in [-0.15, -0.1) is 0 Å². The van der Waals surface area contributed by atoms with Gasteiger partial charge in [0.1, 0.15) is 5.82 Å². The highest BCUT2D eigenvalue weighted by Crippen LogP contribution is 2.23. The molecule has 0 N–H and O–H groups in total. The van der Waals surface area contributed by atoms with Crippen molar-refractivity contribution < 1.29 is 0 Å². The lowest BCUT2D eigenvalue weighted by atomic mass is 9.99. The molecular formula is C15H18ClN3. The topological polar surface area (TPSA) is 21.1 Å². The Morgan fingerprint density at radius 1 is 1.32 bits per heavy atom. The zero-order valence-corrected chi connectivity index (χ0v) is 11.8. The van der Waals surface area contributed by atoms with Gasteiger partial charge in [0.05, 0.1) is 0 Å². The quantitative estimate of drug-likeness (QED) is 0.855. The van der Waals surface area contributed by atoms with E-state index in [9.17, 15) is 0 Å². The van der Waals surface area contributed by atoms with Crippen molar-refractivity contribution in [2.75, 3.05) is 13.1 Å². The van der Waals surface area contributed by atoms with Crippen LogP contribution >= 0.6 is 11.6 Å². The highest BCUT2D eigenvalue weighted by atomic mass is 35.5. The first-order valence-electron chi connectivity index (χ1n) is 6.66. The number of aromatic nitrogens is 2. The molecule has 1 aliphatic heterocycles. The summed E-state index contributed by atoms with van der Waals surface area (Å²) in [5.74, 6) is 1.83. The van der Waals surface area contributed by atoms with Gasteiger partial charge in [0, 0.05) is 49.5 Å². The highest BCUT2D eigenvalue weighted by Gasteiger charge is 2.27. The molecule has 3 rings (SSSR count). The Balaban J connectivity index is 1.51. The molecule has 0 bridgehead atoms. The number of halogens is 1. The average molecular weight is 276 g/mol. The Hall–Kier alpha value is -1.32. The Morgan fingerprint density at radius 2 is 2.11 bits per heavy atom. The van der Waals surface area contributed by atoms with E-state index in [2.05, 4.69) is 33.6 Å². The SMILES string of the molecule is Cc1nccn1CC1CN(Cc2ccccc2Cl)C1. The van der Waals surface area contributed by atoms with Crippen LogP contribution < -0.4 is 0 Å². The van der Waals surface area contributed by atoms with E-state index in [1.807, 2.05) is 24.4 Å². The van der Waals surface area contributed by atoms with Crippen LogP contribution in [-0.4, -0.2) is 27.5 Å². The van der Waals surface area contributed by atoms with Crippen LogP contribution in [0.15, 0.2) is 36.7 Å². The molecule has 0 saturated carbocycles. The van der Waals surface area contributed by atoms with Crippen LogP contribution in [0.3, 0.4) is 0 Å². The normalized spacial score (nSPS) is 16.5. The highest BCUT2D eigenvalue weighted by molar-refractivity contribution is 6.31. The molecule has 2 heterocycles. The molecule has 0 unspecified atom stereocenters. The van der Waals surface area contributed by atoms with E-state index in [1.165, 1.54) is 5.56 Å². The number of likely N-dealkylation sites (tertiary alicyclic amines) is 1. The van der Waals surface area contributed by atoms with E-state index in [-0.39, 0.29) is 0 Å². The van der Waals surface area contributed by atoms with Gasteiger partial charge in [-0.3, -0.25) is 4.90 Å². The maximum Gasteiger partial charge on any atom is 0.105 e. The third-order valence-electron chi connectivity index (χ3n) is 3.76. The van der Waals surface area contributed by atoms with E-state index in [0.29, 0.717) is 0 Å². The number of benzene rings is 1. The third kappa shape index (κ3) is 2.82. The molecule has 0 spiro atoms. The van der Waals surface area contributed by atoms with E-state index in [1.54, 1.807) is 0 Å². The van der Waals surface area contributed by atoms with Crippen molar-refractivity contribution in [2.24, 2.45) is 5.92 Å². The molecular weight excluding hydrogens is 258 g/mol. The second kappa shape index (κ2) is 5.35. The molecule has 0 atom stereocenters. The maximum atomic E-state index is 6.18. The van der Waals surface area contributed by atoms with Crippen LogP contribution in [0.1, 0.15) is 11.4 Å². The molecule has 1 aromatic carbocycles. The zero-order valence-electron chi connectivity index (χ0n) is 11.1. The fourth-order valence-corrected chi connectivity index (χ4v) is 2.86. The monoisotopic (exact) mass is 275 g/mol. The molecule has 1 fully saturated rings. The van der Waals surface area contributed by atoms with Crippen molar-refractivity contribution in [2.45, 2.75) is 20.0 Å². The number of rotatable bonds is 4. The van der Waals surface area contributed by atoms with Crippen LogP contribution in [0, 0.1) is 12.8 Å². The molecule has 1 saturated heterocycles. The minimum absolute atomic E-state index is 0.732. The summed E-state index contributed by atoms with van der Waals surface area (Å²) in [6.07, 6.45) is 3.93. The fraction of sp³-hybridized carbons (Fsp3) is 0.400. The molecule has 0 radical (unpaired) electrons. The zero-order chi connectivity index (χ0) is 13.2. The summed E-state index contributed by atoms with van der Waals surface area (Å²) < 4.78 is 2.23. The van der Waals surface area contributed by atoms with Crippen LogP contribution in [0.2, 0.25) is 5.02 Å². The maximum absolute atomic E-state index is 6.18. The van der Waals surface area contributed by atoms with Crippen molar-refractivity contribution in [3.63, 3.8) is 0 Å². The van der Waals surface area contributed by atoms with Gasteiger partial charge >= 0.3 is 0 Å². The first-order valence-corrected chi connectivity index (χ1v) is 7.03. The summed E-state index contributed by atoms with van der Waals surface area (Å²) in [4.78, 5) is 6.70. The first kappa shape index (κ1) is 12.7. The molecule has 3 nitrogen and oxygen atoms in total. The summed E-state index contributed by atoms with van der Waals surface area (Å²) in [5, 5.41) is 0.872. The molecule has 4 heteroatoms. The number of hydrogen-bond acceptors (Lipinski definition) is 2. The second-order valence-corrected chi connectivity index (χ2v) is 5.69. The van der Waals surface area contributed by atoms with Gasteiger partial charge in [0.15, 0.2) is 0 Å². The predicted molar refractivity (Wildman–Crippen MR) is 77.2 cm³/mol. The van der Waals surface area contributed by atoms with Gasteiger partial charge in [0.2, 0.25) is 0 Å². The van der Waals surface area contributed by atoms with Crippen molar-refractivity contribution in [3.05, 3.63) is 53.1 Å². The second-order valence-electron chi connectivity index (χ2n) is 5.28. The summed E-state index contributed by atoms with van der Waals surface area (Å²) >= 11 is 6.18. The van der Waals surface area contributed by atoms with Crippen molar-refractivity contribution >= 4 is 11.6 Å². The van der Waals surface area contributed by atoms with Crippen LogP contribution in [0.4, 0.5) is 0 Å². The average Bonchev–Trinajstić information content (AvgIpc) is 2.75. The van der Waals surface area contributed by atoms with Gasteiger partial charge in [-0.2, -0.15) is 0 Å². The van der Waals surface area contributed by atoms with Gasteiger partial charge < -0.3 is 4.57 Å². The number of hydrogen-bond donors (Lipinski definition) is 0. The fourth-order valence-electron chi connectivity index (χ4n) is 2.66. The van der Waals surface area contributed by atoms with E-state index < -0.39 is 0 Å². The van der Waals surface area contributed by atoms with E-state index >= 15 is 0 Å². The smallest absolute Gasteiger partial charge is 0.105 e. The molecule has 1 aromatic heterocycles. The van der Waals surface area contributed by atoms with Gasteiger partial charge in [0.25, 0.3) is 0 Å². The van der Waals surface area contributed by atoms with Gasteiger partial charge in [-0.25, -0.2) is 4.98 Å². The standard InChI is InChI=1S/C15H18ClN3/c1-12-17-6-7-19(12)10-13-8-18(9-13)11-14-4-2-3-5-15(14)16/h2-7,13H,8-11H2,1H3. The minimum Gasteiger partial charge on any atom is -0.335 e. The molecule has 100 valence electrons. The Bertz CT molecular complexity index is 558. The van der Waals surface area contributed by atoms with E-state index in [0.717, 1.165) is 42.9 Å². The lowest BCUT2D eigenvalue weighted by molar-refractivity contribution is 0.0799. The minimum atomic E-state index is 0.732. The van der Waals surface area contributed by atoms with Crippen molar-refractivity contribution in [3.8, 4) is 0 Å². The molecule has 1 aliphatic rings. The van der Waals surface area contributed by atoms with Crippen LogP contribution in [-0.2, 0) is 13.1 Å². The molecule has 0 amide bonds. The largest absolute Gasteiger partial charge is 0.335 e.